The molecule has 5 heteroatoms. The zero-order valence-corrected chi connectivity index (χ0v) is 14.8. The molecule has 1 aliphatic rings. The van der Waals surface area contributed by atoms with Gasteiger partial charge in [-0.3, -0.25) is 4.79 Å². The van der Waals surface area contributed by atoms with Crippen LogP contribution in [0.2, 0.25) is 0 Å². The Labute approximate surface area is 133 Å². The molecule has 1 amide bonds. The lowest BCUT2D eigenvalue weighted by atomic mass is 9.83. The van der Waals surface area contributed by atoms with Crippen molar-refractivity contribution < 1.29 is 19.4 Å². The van der Waals surface area contributed by atoms with E-state index in [1.807, 2.05) is 20.8 Å². The highest BCUT2D eigenvalue weighted by molar-refractivity contribution is 6.18. The number of rotatable bonds is 5. The smallest absolute Gasteiger partial charge is 0.347 e. The number of carbonyl (C=O) groups is 2. The van der Waals surface area contributed by atoms with E-state index < -0.39 is 17.9 Å². The van der Waals surface area contributed by atoms with Crippen molar-refractivity contribution >= 4 is 11.9 Å². The van der Waals surface area contributed by atoms with Gasteiger partial charge in [0.2, 0.25) is 0 Å². The number of aliphatic hydroxyl groups excluding tert-OH is 1. The fraction of sp³-hybridized carbons (Fsp3) is 0.765. The van der Waals surface area contributed by atoms with Crippen LogP contribution in [0, 0.1) is 10.8 Å². The molecule has 1 atom stereocenters. The first-order chi connectivity index (χ1) is 9.96. The van der Waals surface area contributed by atoms with Crippen molar-refractivity contribution in [2.75, 3.05) is 13.2 Å². The lowest BCUT2D eigenvalue weighted by molar-refractivity contribution is -0.142. The fourth-order valence-electron chi connectivity index (χ4n) is 2.66. The van der Waals surface area contributed by atoms with Crippen molar-refractivity contribution in [1.82, 2.24) is 4.90 Å². The summed E-state index contributed by atoms with van der Waals surface area (Å²) in [5.41, 5.74) is -0.685. The first kappa shape index (κ1) is 18.5. The average Bonchev–Trinajstić information content (AvgIpc) is 2.60. The molecule has 1 unspecified atom stereocenters. The number of amides is 1. The van der Waals surface area contributed by atoms with Crippen LogP contribution in [0.5, 0.6) is 0 Å². The molecule has 22 heavy (non-hydrogen) atoms. The van der Waals surface area contributed by atoms with Gasteiger partial charge in [-0.2, -0.15) is 0 Å². The minimum Gasteiger partial charge on any atom is -0.509 e. The zero-order valence-electron chi connectivity index (χ0n) is 14.8. The number of nitrogens with zero attached hydrogens (tertiary/aromatic N) is 1. The van der Waals surface area contributed by atoms with Crippen molar-refractivity contribution in [3.05, 3.63) is 11.3 Å². The molecule has 1 heterocycles. The fourth-order valence-corrected chi connectivity index (χ4v) is 2.66. The molecule has 0 fully saturated rings. The zero-order chi connectivity index (χ0) is 17.3. The summed E-state index contributed by atoms with van der Waals surface area (Å²) in [5, 5.41) is 10.5. The summed E-state index contributed by atoms with van der Waals surface area (Å²) in [6.45, 7) is 14.4. The molecule has 1 aliphatic heterocycles. The molecule has 0 aromatic rings. The van der Waals surface area contributed by atoms with Gasteiger partial charge in [0.25, 0.3) is 5.91 Å². The first-order valence-electron chi connectivity index (χ1n) is 7.87. The van der Waals surface area contributed by atoms with Crippen LogP contribution in [0.3, 0.4) is 0 Å². The Balaban J connectivity index is 3.25. The molecule has 0 saturated carbocycles. The highest BCUT2D eigenvalue weighted by Gasteiger charge is 2.49. The summed E-state index contributed by atoms with van der Waals surface area (Å²) >= 11 is 0. The van der Waals surface area contributed by atoms with Crippen LogP contribution in [0.1, 0.15) is 54.9 Å². The summed E-state index contributed by atoms with van der Waals surface area (Å²) in [5.74, 6) is -1.34. The van der Waals surface area contributed by atoms with Crippen LogP contribution in [-0.4, -0.2) is 41.1 Å². The molecule has 5 nitrogen and oxygen atoms in total. The third-order valence-corrected chi connectivity index (χ3v) is 4.16. The molecular formula is C17H29NO4. The maximum absolute atomic E-state index is 12.7. The standard InChI is InChI=1S/C17H29NO4/c1-8-17(6,7)10-18-13(16(3,4)5)12(19)11(14(18)20)15(21)22-9-2/h13,19H,8-10H2,1-7H3. The topological polar surface area (TPSA) is 66.8 Å². The van der Waals surface area contributed by atoms with Gasteiger partial charge < -0.3 is 14.7 Å². The molecule has 1 N–H and O–H groups in total. The second kappa shape index (κ2) is 6.31. The van der Waals surface area contributed by atoms with E-state index in [9.17, 15) is 14.7 Å². The van der Waals surface area contributed by atoms with E-state index in [0.29, 0.717) is 6.54 Å². The van der Waals surface area contributed by atoms with E-state index in [1.165, 1.54) is 0 Å². The molecule has 0 radical (unpaired) electrons. The van der Waals surface area contributed by atoms with E-state index in [1.54, 1.807) is 11.8 Å². The van der Waals surface area contributed by atoms with Gasteiger partial charge >= 0.3 is 5.97 Å². The van der Waals surface area contributed by atoms with Crippen molar-refractivity contribution in [3.63, 3.8) is 0 Å². The predicted octanol–water partition coefficient (Wildman–Crippen LogP) is 3.05. The summed E-state index contributed by atoms with van der Waals surface area (Å²) in [7, 11) is 0. The third-order valence-electron chi connectivity index (χ3n) is 4.16. The lowest BCUT2D eigenvalue weighted by Crippen LogP contribution is -2.47. The lowest BCUT2D eigenvalue weighted by Gasteiger charge is -2.39. The maximum atomic E-state index is 12.7. The van der Waals surface area contributed by atoms with Crippen molar-refractivity contribution in [2.45, 2.75) is 60.9 Å². The third kappa shape index (κ3) is 3.62. The van der Waals surface area contributed by atoms with Crippen LogP contribution in [0.15, 0.2) is 11.3 Å². The molecule has 0 spiro atoms. The molecular weight excluding hydrogens is 282 g/mol. The van der Waals surface area contributed by atoms with E-state index in [2.05, 4.69) is 20.8 Å². The SMILES string of the molecule is CCOC(=O)C1=C(O)C(C(C)(C)C)N(CC(C)(C)CC)C1=O. The Bertz CT molecular complexity index is 485. The van der Waals surface area contributed by atoms with Crippen LogP contribution >= 0.6 is 0 Å². The monoisotopic (exact) mass is 311 g/mol. The molecule has 0 aromatic heterocycles. The van der Waals surface area contributed by atoms with Crippen LogP contribution in [0.25, 0.3) is 0 Å². The van der Waals surface area contributed by atoms with Gasteiger partial charge in [-0.05, 0) is 24.2 Å². The first-order valence-corrected chi connectivity index (χ1v) is 7.87. The minimum absolute atomic E-state index is 0.0937. The van der Waals surface area contributed by atoms with E-state index in [-0.39, 0.29) is 28.8 Å². The van der Waals surface area contributed by atoms with Gasteiger partial charge in [-0.1, -0.05) is 41.5 Å². The molecule has 1 rings (SSSR count). The number of ether oxygens (including phenoxy) is 1. The highest BCUT2D eigenvalue weighted by Crippen LogP contribution is 2.39. The summed E-state index contributed by atoms with van der Waals surface area (Å²) in [4.78, 5) is 26.3. The van der Waals surface area contributed by atoms with Crippen LogP contribution in [0.4, 0.5) is 0 Å². The number of aliphatic hydroxyl groups is 1. The van der Waals surface area contributed by atoms with Crippen molar-refractivity contribution in [3.8, 4) is 0 Å². The Morgan fingerprint density at radius 3 is 2.18 bits per heavy atom. The highest BCUT2D eigenvalue weighted by atomic mass is 16.5. The number of hydrogen-bond donors (Lipinski definition) is 1. The summed E-state index contributed by atoms with van der Waals surface area (Å²) in [6, 6.07) is -0.509. The van der Waals surface area contributed by atoms with Crippen LogP contribution in [-0.2, 0) is 14.3 Å². The van der Waals surface area contributed by atoms with Crippen molar-refractivity contribution in [2.24, 2.45) is 10.8 Å². The second-order valence-electron chi connectivity index (χ2n) is 7.70. The number of esters is 1. The molecule has 0 aliphatic carbocycles. The Morgan fingerprint density at radius 1 is 1.23 bits per heavy atom. The Hall–Kier alpha value is -1.52. The molecule has 0 bridgehead atoms. The second-order valence-corrected chi connectivity index (χ2v) is 7.70. The van der Waals surface area contributed by atoms with E-state index >= 15 is 0 Å². The van der Waals surface area contributed by atoms with Crippen LogP contribution < -0.4 is 0 Å². The van der Waals surface area contributed by atoms with E-state index in [0.717, 1.165) is 6.42 Å². The van der Waals surface area contributed by atoms with Gasteiger partial charge in [0.15, 0.2) is 5.57 Å². The van der Waals surface area contributed by atoms with Gasteiger partial charge in [-0.15, -0.1) is 0 Å². The van der Waals surface area contributed by atoms with E-state index in [4.69, 9.17) is 4.74 Å². The quantitative estimate of drug-likeness (QED) is 0.626. The summed E-state index contributed by atoms with van der Waals surface area (Å²) in [6.07, 6.45) is 0.892. The largest absolute Gasteiger partial charge is 0.509 e. The van der Waals surface area contributed by atoms with Gasteiger partial charge in [0.1, 0.15) is 5.76 Å². The molecule has 0 saturated heterocycles. The number of carbonyl (C=O) groups excluding carboxylic acids is 2. The Morgan fingerprint density at radius 2 is 1.77 bits per heavy atom. The van der Waals surface area contributed by atoms with Gasteiger partial charge in [0, 0.05) is 6.54 Å². The van der Waals surface area contributed by atoms with Gasteiger partial charge in [-0.25, -0.2) is 4.79 Å². The molecule has 0 aromatic carbocycles. The number of hydrogen-bond acceptors (Lipinski definition) is 4. The normalized spacial score (nSPS) is 19.9. The van der Waals surface area contributed by atoms with Gasteiger partial charge in [0.05, 0.1) is 12.6 Å². The average molecular weight is 311 g/mol. The minimum atomic E-state index is -0.740. The predicted molar refractivity (Wildman–Crippen MR) is 85.3 cm³/mol. The molecule has 126 valence electrons. The maximum Gasteiger partial charge on any atom is 0.347 e. The Kier molecular flexibility index (Phi) is 5.31. The summed E-state index contributed by atoms with van der Waals surface area (Å²) < 4.78 is 4.93. The van der Waals surface area contributed by atoms with Crippen molar-refractivity contribution in [1.29, 1.82) is 0 Å².